The van der Waals surface area contributed by atoms with Gasteiger partial charge < -0.3 is 10.5 Å². The van der Waals surface area contributed by atoms with E-state index in [0.29, 0.717) is 5.01 Å². The van der Waals surface area contributed by atoms with Gasteiger partial charge in [-0.2, -0.15) is 0 Å². The molecule has 0 spiro atoms. The van der Waals surface area contributed by atoms with Gasteiger partial charge in [-0.15, -0.1) is 11.3 Å². The molecule has 0 aliphatic rings. The number of aromatic nitrogens is 1. The number of fused-ring (bicyclic) bond motifs is 1. The smallest absolute Gasteiger partial charge is 0.159 e. The number of nitrogens with two attached hydrogens (primary N) is 1. The van der Waals surface area contributed by atoms with Crippen molar-refractivity contribution in [2.75, 3.05) is 7.11 Å². The van der Waals surface area contributed by atoms with Gasteiger partial charge in [0, 0.05) is 0 Å². The maximum Gasteiger partial charge on any atom is 0.159 e. The number of hydrogen-bond donors (Lipinski definition) is 2. The fraction of sp³-hybridized carbons (Fsp3) is 0.111. The SMILES string of the molecule is COc1ccc2nc(C(=N)N)sc2c1. The van der Waals surface area contributed by atoms with Crippen LogP contribution in [0.1, 0.15) is 5.01 Å². The van der Waals surface area contributed by atoms with E-state index in [1.165, 1.54) is 11.3 Å². The number of thiazole rings is 1. The molecule has 2 rings (SSSR count). The lowest BCUT2D eigenvalue weighted by atomic mass is 10.3. The third kappa shape index (κ3) is 1.42. The highest BCUT2D eigenvalue weighted by Gasteiger charge is 2.06. The van der Waals surface area contributed by atoms with Gasteiger partial charge in [0.05, 0.1) is 17.3 Å². The van der Waals surface area contributed by atoms with Gasteiger partial charge in [-0.05, 0) is 18.2 Å². The molecule has 72 valence electrons. The van der Waals surface area contributed by atoms with Crippen LogP contribution in [-0.2, 0) is 0 Å². The first-order chi connectivity index (χ1) is 6.70. The Morgan fingerprint density at radius 1 is 1.57 bits per heavy atom. The summed E-state index contributed by atoms with van der Waals surface area (Å²) in [5, 5.41) is 7.81. The van der Waals surface area contributed by atoms with Gasteiger partial charge >= 0.3 is 0 Å². The zero-order chi connectivity index (χ0) is 10.1. The van der Waals surface area contributed by atoms with Crippen molar-refractivity contribution >= 4 is 27.4 Å². The Hall–Kier alpha value is -1.62. The van der Waals surface area contributed by atoms with E-state index < -0.39 is 0 Å². The van der Waals surface area contributed by atoms with E-state index >= 15 is 0 Å². The van der Waals surface area contributed by atoms with Crippen molar-refractivity contribution in [3.8, 4) is 5.75 Å². The molecule has 3 N–H and O–H groups in total. The van der Waals surface area contributed by atoms with Gasteiger partial charge in [-0.3, -0.25) is 5.41 Å². The van der Waals surface area contributed by atoms with Crippen LogP contribution in [0.4, 0.5) is 0 Å². The molecule has 1 aromatic carbocycles. The highest BCUT2D eigenvalue weighted by Crippen LogP contribution is 2.25. The fourth-order valence-electron chi connectivity index (χ4n) is 1.15. The van der Waals surface area contributed by atoms with Crippen LogP contribution in [0.2, 0.25) is 0 Å². The van der Waals surface area contributed by atoms with Crippen molar-refractivity contribution < 1.29 is 4.74 Å². The number of methoxy groups -OCH3 is 1. The Morgan fingerprint density at radius 3 is 3.00 bits per heavy atom. The normalized spacial score (nSPS) is 10.4. The Balaban J connectivity index is 2.60. The molecule has 0 atom stereocenters. The van der Waals surface area contributed by atoms with E-state index in [4.69, 9.17) is 15.9 Å². The number of hydrogen-bond acceptors (Lipinski definition) is 4. The minimum absolute atomic E-state index is 0.00478. The van der Waals surface area contributed by atoms with Gasteiger partial charge in [0.2, 0.25) is 0 Å². The van der Waals surface area contributed by atoms with Crippen LogP contribution < -0.4 is 10.5 Å². The average molecular weight is 207 g/mol. The van der Waals surface area contributed by atoms with Crippen molar-refractivity contribution in [3.05, 3.63) is 23.2 Å². The van der Waals surface area contributed by atoms with Crippen molar-refractivity contribution in [1.82, 2.24) is 4.98 Å². The zero-order valence-electron chi connectivity index (χ0n) is 7.57. The highest BCUT2D eigenvalue weighted by molar-refractivity contribution is 7.20. The highest BCUT2D eigenvalue weighted by atomic mass is 32.1. The minimum atomic E-state index is 0.00478. The van der Waals surface area contributed by atoms with E-state index in [9.17, 15) is 0 Å². The third-order valence-electron chi connectivity index (χ3n) is 1.83. The number of amidine groups is 1. The first kappa shape index (κ1) is 8.96. The zero-order valence-corrected chi connectivity index (χ0v) is 8.39. The summed E-state index contributed by atoms with van der Waals surface area (Å²) in [4.78, 5) is 4.20. The average Bonchev–Trinajstić information content (AvgIpc) is 2.59. The third-order valence-corrected chi connectivity index (χ3v) is 2.88. The predicted molar refractivity (Wildman–Crippen MR) is 57.2 cm³/mol. The monoisotopic (exact) mass is 207 g/mol. The fourth-order valence-corrected chi connectivity index (χ4v) is 2.00. The molecule has 4 nitrogen and oxygen atoms in total. The van der Waals surface area contributed by atoms with E-state index in [1.807, 2.05) is 18.2 Å². The molecule has 0 saturated carbocycles. The Labute approximate surface area is 84.8 Å². The van der Waals surface area contributed by atoms with Gasteiger partial charge in [-0.1, -0.05) is 0 Å². The number of ether oxygens (including phenoxy) is 1. The van der Waals surface area contributed by atoms with Crippen LogP contribution in [-0.4, -0.2) is 17.9 Å². The topological polar surface area (TPSA) is 72.0 Å². The van der Waals surface area contributed by atoms with Gasteiger partial charge in [0.1, 0.15) is 5.75 Å². The first-order valence-corrected chi connectivity index (χ1v) is 4.81. The standard InChI is InChI=1S/C9H9N3OS/c1-13-5-2-3-6-7(4-5)14-9(12-6)8(10)11/h2-4H,1H3,(H3,10,11). The molecular formula is C9H9N3OS. The largest absolute Gasteiger partial charge is 0.497 e. The summed E-state index contributed by atoms with van der Waals surface area (Å²) in [6.07, 6.45) is 0. The molecule has 0 fully saturated rings. The van der Waals surface area contributed by atoms with Crippen molar-refractivity contribution in [3.63, 3.8) is 0 Å². The van der Waals surface area contributed by atoms with Crippen molar-refractivity contribution in [2.45, 2.75) is 0 Å². The summed E-state index contributed by atoms with van der Waals surface area (Å²) < 4.78 is 6.07. The molecule has 1 aromatic heterocycles. The molecular weight excluding hydrogens is 198 g/mol. The number of nitrogen functional groups attached to an aromatic ring is 1. The summed E-state index contributed by atoms with van der Waals surface area (Å²) in [7, 11) is 1.62. The van der Waals surface area contributed by atoms with E-state index in [-0.39, 0.29) is 5.84 Å². The quantitative estimate of drug-likeness (QED) is 0.580. The van der Waals surface area contributed by atoms with Crippen LogP contribution >= 0.6 is 11.3 Å². The lowest BCUT2D eigenvalue weighted by molar-refractivity contribution is 0.415. The number of benzene rings is 1. The second-order valence-electron chi connectivity index (χ2n) is 2.77. The van der Waals surface area contributed by atoms with E-state index in [2.05, 4.69) is 4.98 Å². The Kier molecular flexibility index (Phi) is 2.09. The second-order valence-corrected chi connectivity index (χ2v) is 3.80. The lowest BCUT2D eigenvalue weighted by Crippen LogP contribution is -2.09. The number of nitrogens with zero attached hydrogens (tertiary/aromatic N) is 1. The van der Waals surface area contributed by atoms with E-state index in [1.54, 1.807) is 7.11 Å². The maximum absolute atomic E-state index is 7.26. The molecule has 0 amide bonds. The molecule has 0 unspecified atom stereocenters. The summed E-state index contributed by atoms with van der Waals surface area (Å²) >= 11 is 1.39. The first-order valence-electron chi connectivity index (χ1n) is 3.99. The van der Waals surface area contributed by atoms with Crippen LogP contribution in [0.15, 0.2) is 18.2 Å². The molecule has 0 aliphatic heterocycles. The molecule has 14 heavy (non-hydrogen) atoms. The second kappa shape index (κ2) is 3.26. The van der Waals surface area contributed by atoms with Crippen molar-refractivity contribution in [2.24, 2.45) is 5.73 Å². The number of nitrogens with one attached hydrogen (secondary N) is 1. The number of rotatable bonds is 2. The summed E-state index contributed by atoms with van der Waals surface area (Å²) in [5.41, 5.74) is 6.20. The van der Waals surface area contributed by atoms with Gasteiger partial charge in [-0.25, -0.2) is 4.98 Å². The Morgan fingerprint density at radius 2 is 2.36 bits per heavy atom. The summed E-state index contributed by atoms with van der Waals surface area (Å²) in [5.74, 6) is 0.793. The van der Waals surface area contributed by atoms with Crippen LogP contribution in [0.5, 0.6) is 5.75 Å². The van der Waals surface area contributed by atoms with Crippen LogP contribution in [0.25, 0.3) is 10.2 Å². The molecule has 5 heteroatoms. The van der Waals surface area contributed by atoms with E-state index in [0.717, 1.165) is 16.0 Å². The molecule has 0 bridgehead atoms. The van der Waals surface area contributed by atoms with Crippen molar-refractivity contribution in [1.29, 1.82) is 5.41 Å². The Bertz CT molecular complexity index is 492. The molecule has 1 heterocycles. The minimum Gasteiger partial charge on any atom is -0.497 e. The molecule has 0 saturated heterocycles. The lowest BCUT2D eigenvalue weighted by Gasteiger charge is -1.96. The van der Waals surface area contributed by atoms with Crippen LogP contribution in [0, 0.1) is 5.41 Å². The van der Waals surface area contributed by atoms with Gasteiger partial charge in [0.25, 0.3) is 0 Å². The molecule has 0 radical (unpaired) electrons. The summed E-state index contributed by atoms with van der Waals surface area (Å²) in [6.45, 7) is 0. The summed E-state index contributed by atoms with van der Waals surface area (Å²) in [6, 6.07) is 5.59. The maximum atomic E-state index is 7.26. The predicted octanol–water partition coefficient (Wildman–Crippen LogP) is 1.59. The van der Waals surface area contributed by atoms with Crippen LogP contribution in [0.3, 0.4) is 0 Å². The molecule has 0 aliphatic carbocycles. The van der Waals surface area contributed by atoms with Gasteiger partial charge in [0.15, 0.2) is 10.8 Å². The molecule has 2 aromatic rings.